The second-order valence-corrected chi connectivity index (χ2v) is 11.5. The number of rotatable bonds is 10. The van der Waals surface area contributed by atoms with Crippen LogP contribution < -0.4 is 0 Å². The number of halogens is 2. The lowest BCUT2D eigenvalue weighted by Crippen LogP contribution is -2.08. The van der Waals surface area contributed by atoms with Crippen molar-refractivity contribution in [3.63, 3.8) is 0 Å². The highest BCUT2D eigenvalue weighted by Gasteiger charge is 2.15. The van der Waals surface area contributed by atoms with Crippen molar-refractivity contribution in [1.82, 2.24) is 0 Å². The van der Waals surface area contributed by atoms with Gasteiger partial charge in [0.2, 0.25) is 0 Å². The molecular weight excluding hydrogens is 402 g/mol. The minimum atomic E-state index is -0.739. The third kappa shape index (κ3) is 6.36. The molecule has 0 N–H and O–H groups in total. The molecular formula is C28H33F2Si. The molecule has 0 bridgehead atoms. The van der Waals surface area contributed by atoms with E-state index in [2.05, 4.69) is 44.3 Å². The quantitative estimate of drug-likeness (QED) is 0.221. The Hall–Kier alpha value is -2.26. The van der Waals surface area contributed by atoms with Gasteiger partial charge in [-0.25, -0.2) is 8.78 Å². The first-order valence-electron chi connectivity index (χ1n) is 11.4. The van der Waals surface area contributed by atoms with Crippen molar-refractivity contribution in [3.05, 3.63) is 83.4 Å². The average Bonchev–Trinajstić information content (AvgIpc) is 2.77. The summed E-state index contributed by atoms with van der Waals surface area (Å²) in [6, 6.07) is 20.5. The van der Waals surface area contributed by atoms with Gasteiger partial charge in [0.1, 0.15) is 0 Å². The molecule has 0 aliphatic carbocycles. The van der Waals surface area contributed by atoms with Crippen molar-refractivity contribution in [2.24, 2.45) is 0 Å². The van der Waals surface area contributed by atoms with Gasteiger partial charge in [-0.3, -0.25) is 0 Å². The lowest BCUT2D eigenvalue weighted by molar-refractivity contribution is 0.504. The fraction of sp³-hybridized carbons (Fsp3) is 0.357. The number of benzene rings is 3. The predicted octanol–water partition coefficient (Wildman–Crippen LogP) is 8.65. The number of aryl methyl sites for hydroxylation is 1. The van der Waals surface area contributed by atoms with Gasteiger partial charge in [0.25, 0.3) is 0 Å². The van der Waals surface area contributed by atoms with Crippen molar-refractivity contribution in [3.8, 4) is 22.3 Å². The van der Waals surface area contributed by atoms with E-state index in [1.165, 1.54) is 37.7 Å². The van der Waals surface area contributed by atoms with Crippen LogP contribution in [0.4, 0.5) is 8.78 Å². The SMILES string of the molecule is CCCCCCCc1ccc(-c2ccc(-c3ccc(C[Si](C)C)c(F)c3F)cc2)cc1. The molecule has 0 fully saturated rings. The molecule has 0 unspecified atom stereocenters. The normalized spacial score (nSPS) is 11.3. The van der Waals surface area contributed by atoms with Gasteiger partial charge < -0.3 is 0 Å². The Balaban J connectivity index is 1.68. The van der Waals surface area contributed by atoms with Gasteiger partial charge in [-0.1, -0.05) is 106 Å². The molecule has 3 aromatic rings. The maximum absolute atomic E-state index is 14.7. The van der Waals surface area contributed by atoms with Gasteiger partial charge in [-0.15, -0.1) is 0 Å². The van der Waals surface area contributed by atoms with E-state index in [0.717, 1.165) is 17.5 Å². The Morgan fingerprint density at radius 3 is 1.84 bits per heavy atom. The van der Waals surface area contributed by atoms with E-state index in [4.69, 9.17) is 0 Å². The Morgan fingerprint density at radius 1 is 0.645 bits per heavy atom. The number of unbranched alkanes of at least 4 members (excludes halogenated alkanes) is 4. The van der Waals surface area contributed by atoms with Crippen molar-refractivity contribution >= 4 is 8.80 Å². The molecule has 0 saturated heterocycles. The molecule has 0 aliphatic rings. The first kappa shape index (κ1) is 23.4. The van der Waals surface area contributed by atoms with Gasteiger partial charge in [0.05, 0.1) is 0 Å². The van der Waals surface area contributed by atoms with Crippen LogP contribution >= 0.6 is 0 Å². The highest BCUT2D eigenvalue weighted by molar-refractivity contribution is 6.55. The van der Waals surface area contributed by atoms with Crippen LogP contribution in [0.5, 0.6) is 0 Å². The molecule has 3 aromatic carbocycles. The lowest BCUT2D eigenvalue weighted by atomic mass is 9.97. The first-order chi connectivity index (χ1) is 15.0. The molecule has 3 rings (SSSR count). The second-order valence-electron chi connectivity index (χ2n) is 8.72. The Bertz CT molecular complexity index is 960. The predicted molar refractivity (Wildman–Crippen MR) is 131 cm³/mol. The van der Waals surface area contributed by atoms with E-state index in [-0.39, 0.29) is 0 Å². The molecule has 0 nitrogen and oxygen atoms in total. The zero-order valence-corrected chi connectivity index (χ0v) is 20.0. The molecule has 0 aliphatic heterocycles. The monoisotopic (exact) mass is 435 g/mol. The molecule has 1 radical (unpaired) electrons. The van der Waals surface area contributed by atoms with Gasteiger partial charge in [-0.2, -0.15) is 0 Å². The molecule has 31 heavy (non-hydrogen) atoms. The van der Waals surface area contributed by atoms with E-state index in [1.54, 1.807) is 12.1 Å². The zero-order valence-electron chi connectivity index (χ0n) is 19.0. The summed E-state index contributed by atoms with van der Waals surface area (Å²) in [6.07, 6.45) is 7.60. The van der Waals surface area contributed by atoms with E-state index >= 15 is 0 Å². The smallest absolute Gasteiger partial charge is 0.166 e. The Labute approximate surface area is 188 Å². The topological polar surface area (TPSA) is 0 Å². The molecule has 0 heterocycles. The maximum Gasteiger partial charge on any atom is 0.166 e. The van der Waals surface area contributed by atoms with Crippen molar-refractivity contribution < 1.29 is 8.78 Å². The van der Waals surface area contributed by atoms with Crippen molar-refractivity contribution in [2.75, 3.05) is 0 Å². The minimum absolute atomic E-state index is 0.326. The summed E-state index contributed by atoms with van der Waals surface area (Å²) in [5.74, 6) is -1.44. The second kappa shape index (κ2) is 11.4. The summed E-state index contributed by atoms with van der Waals surface area (Å²) >= 11 is 0. The van der Waals surface area contributed by atoms with E-state index in [1.807, 2.05) is 24.3 Å². The van der Waals surface area contributed by atoms with Crippen molar-refractivity contribution in [1.29, 1.82) is 0 Å². The van der Waals surface area contributed by atoms with E-state index < -0.39 is 20.4 Å². The highest BCUT2D eigenvalue weighted by Crippen LogP contribution is 2.29. The van der Waals surface area contributed by atoms with Gasteiger partial charge >= 0.3 is 0 Å². The van der Waals surface area contributed by atoms with E-state index in [9.17, 15) is 8.78 Å². The van der Waals surface area contributed by atoms with Crippen molar-refractivity contribution in [2.45, 2.75) is 64.6 Å². The Morgan fingerprint density at radius 2 is 1.23 bits per heavy atom. The fourth-order valence-electron chi connectivity index (χ4n) is 3.97. The summed E-state index contributed by atoms with van der Waals surface area (Å²) in [5.41, 5.74) is 5.12. The number of hydrogen-bond acceptors (Lipinski definition) is 0. The molecule has 0 spiro atoms. The molecule has 0 atom stereocenters. The van der Waals surface area contributed by atoms with Crippen LogP contribution in [-0.2, 0) is 12.5 Å². The average molecular weight is 436 g/mol. The first-order valence-corrected chi connectivity index (χ1v) is 14.2. The maximum atomic E-state index is 14.7. The summed E-state index contributed by atoms with van der Waals surface area (Å²) < 4.78 is 29.2. The molecule has 0 amide bonds. The van der Waals surface area contributed by atoms with Crippen LogP contribution in [0.3, 0.4) is 0 Å². The van der Waals surface area contributed by atoms with Crippen LogP contribution in [0.1, 0.15) is 50.2 Å². The van der Waals surface area contributed by atoms with Gasteiger partial charge in [0, 0.05) is 14.4 Å². The van der Waals surface area contributed by atoms with Crippen LogP contribution in [0, 0.1) is 11.6 Å². The van der Waals surface area contributed by atoms with E-state index in [0.29, 0.717) is 22.7 Å². The molecule has 0 aromatic heterocycles. The number of hydrogen-bond donors (Lipinski definition) is 0. The Kier molecular flexibility index (Phi) is 8.59. The fourth-order valence-corrected chi connectivity index (χ4v) is 5.00. The third-order valence-electron chi connectivity index (χ3n) is 5.76. The highest BCUT2D eigenvalue weighted by atomic mass is 28.3. The minimum Gasteiger partial charge on any atom is -0.203 e. The summed E-state index contributed by atoms with van der Waals surface area (Å²) in [5, 5.41) is 0. The molecule has 3 heteroatoms. The van der Waals surface area contributed by atoms with Gasteiger partial charge in [0.15, 0.2) is 11.6 Å². The third-order valence-corrected chi connectivity index (χ3v) is 6.85. The zero-order chi connectivity index (χ0) is 22.2. The largest absolute Gasteiger partial charge is 0.203 e. The summed E-state index contributed by atoms with van der Waals surface area (Å²) in [4.78, 5) is 0. The van der Waals surface area contributed by atoms with Crippen LogP contribution in [-0.4, -0.2) is 8.80 Å². The van der Waals surface area contributed by atoms with Crippen LogP contribution in [0.2, 0.25) is 13.1 Å². The lowest BCUT2D eigenvalue weighted by Gasteiger charge is -2.11. The molecule has 163 valence electrons. The summed E-state index contributed by atoms with van der Waals surface area (Å²) in [6.45, 7) is 6.45. The van der Waals surface area contributed by atoms with Crippen LogP contribution in [0.15, 0.2) is 60.7 Å². The molecule has 0 saturated carbocycles. The van der Waals surface area contributed by atoms with Gasteiger partial charge in [-0.05, 0) is 46.7 Å². The standard InChI is InChI=1S/C28H33F2Si/c1-4-5-6-7-8-9-21-10-12-22(13-11-21)23-14-16-24(17-15-23)26-19-18-25(20-31(2)3)27(29)28(26)30/h10-19H,4-9,20H2,1-3H3. The van der Waals surface area contributed by atoms with Crippen LogP contribution in [0.25, 0.3) is 22.3 Å². The summed E-state index contributed by atoms with van der Waals surface area (Å²) in [7, 11) is -0.657.